The maximum absolute atomic E-state index is 13.3. The number of nitrogens with one attached hydrogen (secondary N) is 1. The molecule has 1 aliphatic heterocycles. The highest BCUT2D eigenvalue weighted by Gasteiger charge is 2.35. The fourth-order valence-electron chi connectivity index (χ4n) is 3.15. The van der Waals surface area contributed by atoms with Crippen molar-refractivity contribution >= 4 is 24.1 Å². The maximum atomic E-state index is 13.3. The average Bonchev–Trinajstić information content (AvgIpc) is 2.82. The first-order valence-electron chi connectivity index (χ1n) is 9.74. The minimum absolute atomic E-state index is 0. The lowest BCUT2D eigenvalue weighted by atomic mass is 9.95. The number of amidine groups is 1. The van der Waals surface area contributed by atoms with E-state index in [1.54, 1.807) is 0 Å². The van der Waals surface area contributed by atoms with E-state index in [0.29, 0.717) is 25.3 Å². The zero-order valence-corrected chi connectivity index (χ0v) is 18.2. The summed E-state index contributed by atoms with van der Waals surface area (Å²) in [5.74, 6) is 0.772. The Morgan fingerprint density at radius 2 is 1.79 bits per heavy atom. The van der Waals surface area contributed by atoms with Crippen molar-refractivity contribution in [3.05, 3.63) is 17.6 Å². The molecule has 2 rings (SSSR count). The molecule has 29 heavy (non-hydrogen) atoms. The standard InChI is InChI=1S/C19H31F3N6.ClH/c1-18(2,3)17-25-14(19(20,21)22)13-16(26-17)28-10-6-9-27(11-12-28)8-5-4-7-15(23)24;/h13H,4-12H2,1-3H3,(H3,23,24);1H. The summed E-state index contributed by atoms with van der Waals surface area (Å²) in [4.78, 5) is 12.5. The van der Waals surface area contributed by atoms with E-state index in [1.807, 2.05) is 25.7 Å². The molecule has 1 aliphatic rings. The van der Waals surface area contributed by atoms with E-state index in [1.165, 1.54) is 0 Å². The predicted octanol–water partition coefficient (Wildman–Crippen LogP) is 3.83. The first kappa shape index (κ1) is 25.4. The molecule has 3 N–H and O–H groups in total. The van der Waals surface area contributed by atoms with Gasteiger partial charge in [0.15, 0.2) is 0 Å². The Morgan fingerprint density at radius 3 is 2.38 bits per heavy atom. The van der Waals surface area contributed by atoms with Gasteiger partial charge in [0.2, 0.25) is 0 Å². The molecule has 0 bridgehead atoms. The van der Waals surface area contributed by atoms with Crippen LogP contribution in [0.2, 0.25) is 0 Å². The zero-order chi connectivity index (χ0) is 20.9. The first-order chi connectivity index (χ1) is 13.0. The Balaban J connectivity index is 0.00000420. The van der Waals surface area contributed by atoms with Crippen molar-refractivity contribution in [3.63, 3.8) is 0 Å². The van der Waals surface area contributed by atoms with Crippen LogP contribution >= 0.6 is 12.4 Å². The van der Waals surface area contributed by atoms with Gasteiger partial charge in [0.05, 0.1) is 5.84 Å². The van der Waals surface area contributed by atoms with Crippen molar-refractivity contribution in [2.75, 3.05) is 37.6 Å². The SMILES string of the molecule is CC(C)(C)c1nc(N2CCCN(CCCCC(=N)N)CC2)cc(C(F)(F)F)n1.Cl. The number of nitrogens with two attached hydrogens (primary N) is 1. The van der Waals surface area contributed by atoms with Crippen LogP contribution in [0.1, 0.15) is 58.0 Å². The van der Waals surface area contributed by atoms with Crippen LogP contribution in [0, 0.1) is 5.41 Å². The summed E-state index contributed by atoms with van der Waals surface area (Å²) in [6.45, 7) is 9.33. The number of alkyl halides is 3. The molecular formula is C19H32ClF3N6. The van der Waals surface area contributed by atoms with Crippen LogP contribution in [-0.4, -0.2) is 53.4 Å². The molecule has 1 aromatic rings. The number of hydrogen-bond acceptors (Lipinski definition) is 5. The van der Waals surface area contributed by atoms with Gasteiger partial charge in [-0.1, -0.05) is 20.8 Å². The molecule has 0 aliphatic carbocycles. The average molecular weight is 437 g/mol. The lowest BCUT2D eigenvalue weighted by Crippen LogP contribution is -2.33. The molecular weight excluding hydrogens is 405 g/mol. The molecule has 0 radical (unpaired) electrons. The van der Waals surface area contributed by atoms with Gasteiger partial charge in [-0.3, -0.25) is 5.41 Å². The normalized spacial score (nSPS) is 16.3. The van der Waals surface area contributed by atoms with Crippen LogP contribution in [0.5, 0.6) is 0 Å². The minimum atomic E-state index is -4.49. The van der Waals surface area contributed by atoms with Gasteiger partial charge in [0.1, 0.15) is 17.3 Å². The second kappa shape index (κ2) is 10.4. The van der Waals surface area contributed by atoms with Gasteiger partial charge in [0, 0.05) is 37.5 Å². The molecule has 0 amide bonds. The van der Waals surface area contributed by atoms with Gasteiger partial charge in [0.25, 0.3) is 0 Å². The van der Waals surface area contributed by atoms with Crippen molar-refractivity contribution in [2.45, 2.75) is 58.0 Å². The summed E-state index contributed by atoms with van der Waals surface area (Å²) in [5.41, 5.74) is 3.93. The lowest BCUT2D eigenvalue weighted by molar-refractivity contribution is -0.141. The molecule has 0 spiro atoms. The Bertz CT molecular complexity index is 643. The molecule has 0 atom stereocenters. The van der Waals surface area contributed by atoms with Crippen LogP contribution in [0.15, 0.2) is 6.07 Å². The smallest absolute Gasteiger partial charge is 0.388 e. The summed E-state index contributed by atoms with van der Waals surface area (Å²) in [6, 6.07) is 1.07. The van der Waals surface area contributed by atoms with Crippen LogP contribution in [0.3, 0.4) is 0 Å². The van der Waals surface area contributed by atoms with E-state index < -0.39 is 17.3 Å². The summed E-state index contributed by atoms with van der Waals surface area (Å²) in [5, 5.41) is 7.26. The van der Waals surface area contributed by atoms with Crippen molar-refractivity contribution in [1.82, 2.24) is 14.9 Å². The van der Waals surface area contributed by atoms with E-state index in [-0.39, 0.29) is 24.1 Å². The molecule has 1 fully saturated rings. The summed E-state index contributed by atoms with van der Waals surface area (Å²) >= 11 is 0. The number of anilines is 1. The highest BCUT2D eigenvalue weighted by molar-refractivity contribution is 5.85. The summed E-state index contributed by atoms with van der Waals surface area (Å²) in [7, 11) is 0. The largest absolute Gasteiger partial charge is 0.433 e. The first-order valence-corrected chi connectivity index (χ1v) is 9.74. The molecule has 166 valence electrons. The Hall–Kier alpha value is -1.61. The summed E-state index contributed by atoms with van der Waals surface area (Å²) in [6.07, 6.45) is -1.18. The maximum Gasteiger partial charge on any atom is 0.433 e. The highest BCUT2D eigenvalue weighted by Crippen LogP contribution is 2.32. The molecule has 0 aromatic carbocycles. The molecule has 0 unspecified atom stereocenters. The van der Waals surface area contributed by atoms with Crippen LogP contribution in [-0.2, 0) is 11.6 Å². The minimum Gasteiger partial charge on any atom is -0.388 e. The van der Waals surface area contributed by atoms with Gasteiger partial charge in [-0.25, -0.2) is 9.97 Å². The Kier molecular flexibility index (Phi) is 9.14. The molecule has 1 aromatic heterocycles. The van der Waals surface area contributed by atoms with Gasteiger partial charge < -0.3 is 15.5 Å². The highest BCUT2D eigenvalue weighted by atomic mass is 35.5. The Morgan fingerprint density at radius 1 is 1.10 bits per heavy atom. The Labute approximate surface area is 177 Å². The van der Waals surface area contributed by atoms with Crippen molar-refractivity contribution in [2.24, 2.45) is 5.73 Å². The monoisotopic (exact) mass is 436 g/mol. The summed E-state index contributed by atoms with van der Waals surface area (Å²) < 4.78 is 40.0. The number of aromatic nitrogens is 2. The van der Waals surface area contributed by atoms with Crippen molar-refractivity contribution < 1.29 is 13.2 Å². The molecule has 10 heteroatoms. The van der Waals surface area contributed by atoms with Gasteiger partial charge >= 0.3 is 6.18 Å². The van der Waals surface area contributed by atoms with Gasteiger partial charge in [-0.15, -0.1) is 12.4 Å². The molecule has 6 nitrogen and oxygen atoms in total. The van der Waals surface area contributed by atoms with Crippen molar-refractivity contribution in [3.8, 4) is 0 Å². The van der Waals surface area contributed by atoms with E-state index in [9.17, 15) is 13.2 Å². The molecule has 2 heterocycles. The number of rotatable bonds is 6. The van der Waals surface area contributed by atoms with Crippen LogP contribution in [0.25, 0.3) is 0 Å². The number of halogens is 4. The quantitative estimate of drug-likeness (QED) is 0.402. The van der Waals surface area contributed by atoms with E-state index >= 15 is 0 Å². The van der Waals surface area contributed by atoms with Crippen LogP contribution < -0.4 is 10.6 Å². The lowest BCUT2D eigenvalue weighted by Gasteiger charge is -2.26. The predicted molar refractivity (Wildman–Crippen MR) is 112 cm³/mol. The number of unbranched alkanes of at least 4 members (excludes halogenated alkanes) is 1. The number of hydrogen-bond donors (Lipinski definition) is 2. The third kappa shape index (κ3) is 7.97. The van der Waals surface area contributed by atoms with E-state index in [4.69, 9.17) is 11.1 Å². The van der Waals surface area contributed by atoms with Crippen LogP contribution in [0.4, 0.5) is 19.0 Å². The molecule has 1 saturated heterocycles. The molecule has 0 saturated carbocycles. The van der Waals surface area contributed by atoms with Gasteiger partial charge in [-0.05, 0) is 32.4 Å². The van der Waals surface area contributed by atoms with E-state index in [2.05, 4.69) is 14.9 Å². The third-order valence-corrected chi connectivity index (χ3v) is 4.76. The second-order valence-electron chi connectivity index (χ2n) is 8.35. The fourth-order valence-corrected chi connectivity index (χ4v) is 3.15. The van der Waals surface area contributed by atoms with Crippen molar-refractivity contribution in [1.29, 1.82) is 5.41 Å². The zero-order valence-electron chi connectivity index (χ0n) is 17.3. The number of nitrogens with zero attached hydrogens (tertiary/aromatic N) is 4. The van der Waals surface area contributed by atoms with E-state index in [0.717, 1.165) is 45.0 Å². The third-order valence-electron chi connectivity index (χ3n) is 4.76. The van der Waals surface area contributed by atoms with Gasteiger partial charge in [-0.2, -0.15) is 13.2 Å². The second-order valence-corrected chi connectivity index (χ2v) is 8.35. The fraction of sp³-hybridized carbons (Fsp3) is 0.737. The topological polar surface area (TPSA) is 82.1 Å².